The van der Waals surface area contributed by atoms with Crippen molar-refractivity contribution in [3.05, 3.63) is 28.5 Å². The van der Waals surface area contributed by atoms with Gasteiger partial charge in [0, 0.05) is 10.4 Å². The molecule has 0 spiro atoms. The van der Waals surface area contributed by atoms with E-state index in [4.69, 9.17) is 4.52 Å². The van der Waals surface area contributed by atoms with Gasteiger partial charge in [0.05, 0.1) is 5.56 Å². The fourth-order valence-electron chi connectivity index (χ4n) is 1.86. The fraction of sp³-hybridized carbons (Fsp3) is 0.333. The zero-order valence-corrected chi connectivity index (χ0v) is 10.8. The number of phenols is 1. The zero-order valence-electron chi connectivity index (χ0n) is 9.22. The smallest absolute Gasteiger partial charge is 0.261 e. The third-order valence-corrected chi connectivity index (χ3v) is 3.57. The summed E-state index contributed by atoms with van der Waals surface area (Å²) in [6, 6.07) is 5.13. The highest BCUT2D eigenvalue weighted by atomic mass is 79.9. The third-order valence-electron chi connectivity index (χ3n) is 3.07. The van der Waals surface area contributed by atoms with Crippen molar-refractivity contribution in [1.82, 2.24) is 10.1 Å². The Morgan fingerprint density at radius 1 is 1.47 bits per heavy atom. The molecule has 1 N–H and O–H groups in total. The van der Waals surface area contributed by atoms with Gasteiger partial charge in [-0.2, -0.15) is 4.98 Å². The molecule has 1 fully saturated rings. The molecule has 1 aliphatic rings. The molecule has 88 valence electrons. The van der Waals surface area contributed by atoms with Crippen LogP contribution in [0.2, 0.25) is 0 Å². The number of aromatic hydroxyl groups is 1. The molecular weight excluding hydrogens is 284 g/mol. The molecule has 3 rings (SSSR count). The highest BCUT2D eigenvalue weighted by Crippen LogP contribution is 2.46. The largest absolute Gasteiger partial charge is 0.507 e. The van der Waals surface area contributed by atoms with Gasteiger partial charge in [0.25, 0.3) is 5.89 Å². The quantitative estimate of drug-likeness (QED) is 0.923. The lowest BCUT2D eigenvalue weighted by atomic mass is 10.2. The Bertz CT molecular complexity index is 567. The van der Waals surface area contributed by atoms with Crippen molar-refractivity contribution in [2.24, 2.45) is 5.92 Å². The molecule has 1 aromatic carbocycles. The molecule has 5 heteroatoms. The maximum Gasteiger partial charge on any atom is 0.261 e. The first-order chi connectivity index (χ1) is 8.15. The van der Waals surface area contributed by atoms with Crippen LogP contribution < -0.4 is 0 Å². The molecule has 0 amide bonds. The van der Waals surface area contributed by atoms with E-state index in [0.29, 0.717) is 23.3 Å². The number of hydrogen-bond donors (Lipinski definition) is 1. The number of aromatic nitrogens is 2. The van der Waals surface area contributed by atoms with Gasteiger partial charge in [0.2, 0.25) is 0 Å². The Hall–Kier alpha value is -1.36. The first-order valence-corrected chi connectivity index (χ1v) is 6.27. The second-order valence-corrected chi connectivity index (χ2v) is 5.35. The summed E-state index contributed by atoms with van der Waals surface area (Å²) in [5.41, 5.74) is 0.562. The second-order valence-electron chi connectivity index (χ2n) is 4.44. The van der Waals surface area contributed by atoms with E-state index >= 15 is 0 Å². The van der Waals surface area contributed by atoms with Crippen molar-refractivity contribution in [2.75, 3.05) is 0 Å². The topological polar surface area (TPSA) is 59.2 Å². The standard InChI is InChI=1S/C12H11BrN2O2/c1-6-4-8(6)11-14-12(17-15-11)9-5-7(13)2-3-10(9)16/h2-3,5-6,8,16H,4H2,1H3. The molecule has 0 bridgehead atoms. The van der Waals surface area contributed by atoms with Gasteiger partial charge in [-0.3, -0.25) is 0 Å². The zero-order chi connectivity index (χ0) is 12.0. The molecule has 4 nitrogen and oxygen atoms in total. The van der Waals surface area contributed by atoms with E-state index in [9.17, 15) is 5.11 Å². The van der Waals surface area contributed by atoms with Gasteiger partial charge in [0.1, 0.15) is 5.75 Å². The SMILES string of the molecule is CC1CC1c1noc(-c2cc(Br)ccc2O)n1. The normalized spacial score (nSPS) is 22.7. The average Bonchev–Trinajstić information content (AvgIpc) is 2.85. The van der Waals surface area contributed by atoms with Crippen molar-refractivity contribution < 1.29 is 9.63 Å². The number of benzene rings is 1. The van der Waals surface area contributed by atoms with Crippen LogP contribution in [0, 0.1) is 5.92 Å². The summed E-state index contributed by atoms with van der Waals surface area (Å²) in [5.74, 6) is 2.32. The molecule has 1 aromatic heterocycles. The maximum absolute atomic E-state index is 9.76. The number of nitrogens with zero attached hydrogens (tertiary/aromatic N) is 2. The van der Waals surface area contributed by atoms with Gasteiger partial charge in [-0.25, -0.2) is 0 Å². The van der Waals surface area contributed by atoms with Crippen LogP contribution >= 0.6 is 15.9 Å². The lowest BCUT2D eigenvalue weighted by Gasteiger charge is -1.99. The van der Waals surface area contributed by atoms with Crippen LogP contribution in [0.4, 0.5) is 0 Å². The number of hydrogen-bond acceptors (Lipinski definition) is 4. The minimum absolute atomic E-state index is 0.146. The van der Waals surface area contributed by atoms with E-state index in [-0.39, 0.29) is 5.75 Å². The van der Waals surface area contributed by atoms with Gasteiger partial charge < -0.3 is 9.63 Å². The van der Waals surface area contributed by atoms with Crippen LogP contribution in [-0.2, 0) is 0 Å². The highest BCUT2D eigenvalue weighted by molar-refractivity contribution is 9.10. The van der Waals surface area contributed by atoms with Gasteiger partial charge in [0.15, 0.2) is 5.82 Å². The Labute approximate surface area is 107 Å². The summed E-state index contributed by atoms with van der Waals surface area (Å²) in [4.78, 5) is 4.34. The minimum atomic E-state index is 0.146. The molecule has 17 heavy (non-hydrogen) atoms. The molecule has 2 atom stereocenters. The number of phenolic OH excluding ortho intramolecular Hbond substituents is 1. The van der Waals surface area contributed by atoms with Crippen molar-refractivity contribution in [3.8, 4) is 17.2 Å². The Kier molecular flexibility index (Phi) is 2.43. The van der Waals surface area contributed by atoms with Crippen LogP contribution in [0.5, 0.6) is 5.75 Å². The Morgan fingerprint density at radius 2 is 2.24 bits per heavy atom. The summed E-state index contributed by atoms with van der Waals surface area (Å²) >= 11 is 3.35. The molecule has 1 aliphatic carbocycles. The maximum atomic E-state index is 9.76. The van der Waals surface area contributed by atoms with Crippen molar-refractivity contribution in [1.29, 1.82) is 0 Å². The summed E-state index contributed by atoms with van der Waals surface area (Å²) in [6.45, 7) is 2.16. The van der Waals surface area contributed by atoms with E-state index in [1.54, 1.807) is 18.2 Å². The molecule has 0 saturated heterocycles. The van der Waals surface area contributed by atoms with E-state index < -0.39 is 0 Å². The van der Waals surface area contributed by atoms with Crippen LogP contribution in [0.15, 0.2) is 27.2 Å². The second kappa shape index (κ2) is 3.84. The van der Waals surface area contributed by atoms with Crippen LogP contribution in [0.25, 0.3) is 11.5 Å². The highest BCUT2D eigenvalue weighted by Gasteiger charge is 2.38. The van der Waals surface area contributed by atoms with Gasteiger partial charge in [-0.1, -0.05) is 28.0 Å². The van der Waals surface area contributed by atoms with E-state index in [1.165, 1.54) is 0 Å². The van der Waals surface area contributed by atoms with Crippen molar-refractivity contribution >= 4 is 15.9 Å². The molecular formula is C12H11BrN2O2. The van der Waals surface area contributed by atoms with E-state index in [2.05, 4.69) is 33.0 Å². The summed E-state index contributed by atoms with van der Waals surface area (Å²) < 4.78 is 6.06. The molecule has 0 aliphatic heterocycles. The lowest BCUT2D eigenvalue weighted by Crippen LogP contribution is -1.85. The molecule has 1 heterocycles. The average molecular weight is 295 g/mol. The third kappa shape index (κ3) is 1.95. The molecule has 2 aromatic rings. The predicted molar refractivity (Wildman–Crippen MR) is 65.6 cm³/mol. The Balaban J connectivity index is 1.98. The van der Waals surface area contributed by atoms with E-state index in [0.717, 1.165) is 16.7 Å². The van der Waals surface area contributed by atoms with Gasteiger partial charge in [-0.05, 0) is 30.5 Å². The molecule has 0 radical (unpaired) electrons. The molecule has 1 saturated carbocycles. The summed E-state index contributed by atoms with van der Waals surface area (Å²) in [6.07, 6.45) is 1.11. The van der Waals surface area contributed by atoms with Crippen molar-refractivity contribution in [2.45, 2.75) is 19.3 Å². The predicted octanol–water partition coefficient (Wildman–Crippen LogP) is 3.33. The minimum Gasteiger partial charge on any atom is -0.507 e. The van der Waals surface area contributed by atoms with Gasteiger partial charge in [-0.15, -0.1) is 0 Å². The van der Waals surface area contributed by atoms with Crippen LogP contribution in [0.3, 0.4) is 0 Å². The van der Waals surface area contributed by atoms with Crippen LogP contribution in [-0.4, -0.2) is 15.2 Å². The van der Waals surface area contributed by atoms with Crippen molar-refractivity contribution in [3.63, 3.8) is 0 Å². The first kappa shape index (κ1) is 10.8. The van der Waals surface area contributed by atoms with Crippen LogP contribution in [0.1, 0.15) is 25.1 Å². The summed E-state index contributed by atoms with van der Waals surface area (Å²) in [7, 11) is 0. The molecule has 2 unspecified atom stereocenters. The lowest BCUT2D eigenvalue weighted by molar-refractivity contribution is 0.417. The summed E-state index contributed by atoms with van der Waals surface area (Å²) in [5, 5.41) is 13.7. The monoisotopic (exact) mass is 294 g/mol. The number of rotatable bonds is 2. The van der Waals surface area contributed by atoms with E-state index in [1.807, 2.05) is 0 Å². The first-order valence-electron chi connectivity index (χ1n) is 5.47. The Morgan fingerprint density at radius 3 is 2.94 bits per heavy atom. The number of halogens is 1. The fourth-order valence-corrected chi connectivity index (χ4v) is 2.22. The van der Waals surface area contributed by atoms with Gasteiger partial charge >= 0.3 is 0 Å².